The zero-order valence-corrected chi connectivity index (χ0v) is 12.1. The average molecular weight is 328 g/mol. The van der Waals surface area contributed by atoms with Gasteiger partial charge in [-0.15, -0.1) is 0 Å². The van der Waals surface area contributed by atoms with Crippen LogP contribution in [0.4, 0.5) is 0 Å². The molecule has 7 heteroatoms. The fourth-order valence-electron chi connectivity index (χ4n) is 1.19. The molecule has 0 bridgehead atoms. The molecule has 1 rings (SSSR count). The van der Waals surface area contributed by atoms with Gasteiger partial charge >= 0.3 is 0 Å². The summed E-state index contributed by atoms with van der Waals surface area (Å²) in [5.41, 5.74) is 0. The number of pyridine rings is 1. The SMILES string of the molecule is CCCN(C)S(=O)(=O)c1cc(Br)cnc1Cl. The van der Waals surface area contributed by atoms with E-state index in [1.165, 1.54) is 23.6 Å². The van der Waals surface area contributed by atoms with Gasteiger partial charge < -0.3 is 0 Å². The lowest BCUT2D eigenvalue weighted by molar-refractivity contribution is 0.468. The summed E-state index contributed by atoms with van der Waals surface area (Å²) in [6.07, 6.45) is 2.20. The number of hydrogen-bond acceptors (Lipinski definition) is 3. The first-order valence-corrected chi connectivity index (χ1v) is 7.28. The molecule has 0 N–H and O–H groups in total. The highest BCUT2D eigenvalue weighted by atomic mass is 79.9. The van der Waals surface area contributed by atoms with Crippen molar-refractivity contribution in [3.05, 3.63) is 21.9 Å². The van der Waals surface area contributed by atoms with E-state index in [9.17, 15) is 8.42 Å². The lowest BCUT2D eigenvalue weighted by atomic mass is 10.5. The maximum Gasteiger partial charge on any atom is 0.245 e. The van der Waals surface area contributed by atoms with Crippen molar-refractivity contribution < 1.29 is 8.42 Å². The summed E-state index contributed by atoms with van der Waals surface area (Å²) in [5.74, 6) is 0. The quantitative estimate of drug-likeness (QED) is 0.799. The third kappa shape index (κ3) is 2.94. The van der Waals surface area contributed by atoms with E-state index in [2.05, 4.69) is 20.9 Å². The first-order chi connectivity index (χ1) is 7.39. The number of halogens is 2. The standard InChI is InChI=1S/C9H12BrClN2O2S/c1-3-4-13(2)16(14,15)8-5-7(10)6-12-9(8)11/h5-6H,3-4H2,1-2H3. The van der Waals surface area contributed by atoms with E-state index in [0.29, 0.717) is 11.0 Å². The van der Waals surface area contributed by atoms with Gasteiger partial charge in [0, 0.05) is 24.3 Å². The molecule has 0 fully saturated rings. The molecule has 0 saturated heterocycles. The molecular weight excluding hydrogens is 316 g/mol. The van der Waals surface area contributed by atoms with Crippen molar-refractivity contribution in [2.24, 2.45) is 0 Å². The van der Waals surface area contributed by atoms with Crippen LogP contribution in [0.25, 0.3) is 0 Å². The fraction of sp³-hybridized carbons (Fsp3) is 0.444. The van der Waals surface area contributed by atoms with Crippen molar-refractivity contribution in [1.29, 1.82) is 0 Å². The van der Waals surface area contributed by atoms with Gasteiger partial charge in [-0.05, 0) is 28.4 Å². The van der Waals surface area contributed by atoms with Gasteiger partial charge in [0.25, 0.3) is 0 Å². The number of nitrogens with zero attached hydrogens (tertiary/aromatic N) is 2. The summed E-state index contributed by atoms with van der Waals surface area (Å²) in [5, 5.41) is -0.00819. The zero-order valence-electron chi connectivity index (χ0n) is 8.94. The first-order valence-electron chi connectivity index (χ1n) is 4.67. The average Bonchev–Trinajstić information content (AvgIpc) is 2.22. The maximum atomic E-state index is 12.1. The molecule has 1 aromatic rings. The largest absolute Gasteiger partial charge is 0.245 e. The number of sulfonamides is 1. The molecule has 0 amide bonds. The summed E-state index contributed by atoms with van der Waals surface area (Å²) < 4.78 is 26.0. The lowest BCUT2D eigenvalue weighted by Crippen LogP contribution is -2.28. The molecule has 16 heavy (non-hydrogen) atoms. The molecule has 0 aliphatic carbocycles. The van der Waals surface area contributed by atoms with Crippen LogP contribution in [0, 0.1) is 0 Å². The van der Waals surface area contributed by atoms with Crippen molar-refractivity contribution in [3.63, 3.8) is 0 Å². The Morgan fingerprint density at radius 1 is 1.56 bits per heavy atom. The fourth-order valence-corrected chi connectivity index (χ4v) is 3.37. The molecule has 0 atom stereocenters. The van der Waals surface area contributed by atoms with Gasteiger partial charge in [-0.2, -0.15) is 0 Å². The summed E-state index contributed by atoms with van der Waals surface area (Å²) >= 11 is 8.96. The van der Waals surface area contributed by atoms with Crippen LogP contribution in [0.1, 0.15) is 13.3 Å². The molecule has 0 saturated carbocycles. The lowest BCUT2D eigenvalue weighted by Gasteiger charge is -2.16. The van der Waals surface area contributed by atoms with E-state index < -0.39 is 10.0 Å². The highest BCUT2D eigenvalue weighted by Gasteiger charge is 2.23. The third-order valence-corrected chi connectivity index (χ3v) is 4.72. The smallest absolute Gasteiger partial charge is 0.242 e. The normalized spacial score (nSPS) is 12.1. The van der Waals surface area contributed by atoms with Gasteiger partial charge in [-0.1, -0.05) is 18.5 Å². The van der Waals surface area contributed by atoms with Crippen molar-refractivity contribution in [1.82, 2.24) is 9.29 Å². The van der Waals surface area contributed by atoms with Crippen LogP contribution in [-0.2, 0) is 10.0 Å². The van der Waals surface area contributed by atoms with E-state index in [0.717, 1.165) is 6.42 Å². The van der Waals surface area contributed by atoms with E-state index in [4.69, 9.17) is 11.6 Å². The Morgan fingerprint density at radius 2 is 2.19 bits per heavy atom. The monoisotopic (exact) mass is 326 g/mol. The number of aromatic nitrogens is 1. The Morgan fingerprint density at radius 3 is 2.75 bits per heavy atom. The van der Waals surface area contributed by atoms with E-state index in [1.54, 1.807) is 0 Å². The highest BCUT2D eigenvalue weighted by Crippen LogP contribution is 2.25. The minimum Gasteiger partial charge on any atom is -0.242 e. The van der Waals surface area contributed by atoms with Crippen LogP contribution in [0.15, 0.2) is 21.6 Å². The summed E-state index contributed by atoms with van der Waals surface area (Å²) in [7, 11) is -2.02. The topological polar surface area (TPSA) is 50.3 Å². The summed E-state index contributed by atoms with van der Waals surface area (Å²) in [4.78, 5) is 3.83. The van der Waals surface area contributed by atoms with Crippen LogP contribution >= 0.6 is 27.5 Å². The Labute approximate surface area is 109 Å². The van der Waals surface area contributed by atoms with E-state index >= 15 is 0 Å². The predicted molar refractivity (Wildman–Crippen MR) is 67.1 cm³/mol. The van der Waals surface area contributed by atoms with Crippen molar-refractivity contribution >= 4 is 37.6 Å². The Balaban J connectivity index is 3.21. The van der Waals surface area contributed by atoms with Crippen molar-refractivity contribution in [3.8, 4) is 0 Å². The Bertz CT molecular complexity index is 478. The molecule has 0 aromatic carbocycles. The molecular formula is C9H12BrClN2O2S. The van der Waals surface area contributed by atoms with Crippen LogP contribution in [0.5, 0.6) is 0 Å². The first kappa shape index (κ1) is 13.9. The number of hydrogen-bond donors (Lipinski definition) is 0. The maximum absolute atomic E-state index is 12.1. The highest BCUT2D eigenvalue weighted by molar-refractivity contribution is 9.10. The minimum atomic E-state index is -3.55. The van der Waals surface area contributed by atoms with Crippen molar-refractivity contribution in [2.75, 3.05) is 13.6 Å². The van der Waals surface area contributed by atoms with Gasteiger partial charge in [0.15, 0.2) is 0 Å². The second-order valence-corrected chi connectivity index (χ2v) is 6.56. The molecule has 0 spiro atoms. The zero-order chi connectivity index (χ0) is 12.3. The van der Waals surface area contributed by atoms with Crippen LogP contribution in [-0.4, -0.2) is 31.3 Å². The van der Waals surface area contributed by atoms with Gasteiger partial charge in [0.1, 0.15) is 10.0 Å². The number of rotatable bonds is 4. The van der Waals surface area contributed by atoms with Gasteiger partial charge in [0.05, 0.1) is 0 Å². The molecule has 90 valence electrons. The van der Waals surface area contributed by atoms with Gasteiger partial charge in [-0.3, -0.25) is 0 Å². The van der Waals surface area contributed by atoms with E-state index in [1.807, 2.05) is 6.92 Å². The van der Waals surface area contributed by atoms with Crippen LogP contribution < -0.4 is 0 Å². The van der Waals surface area contributed by atoms with Crippen LogP contribution in [0.2, 0.25) is 5.15 Å². The Kier molecular flexibility index (Phi) is 4.73. The second kappa shape index (κ2) is 5.44. The summed E-state index contributed by atoms with van der Waals surface area (Å²) in [6.45, 7) is 2.36. The second-order valence-electron chi connectivity index (χ2n) is 3.27. The molecule has 0 aliphatic rings. The van der Waals surface area contributed by atoms with Crippen LogP contribution in [0.3, 0.4) is 0 Å². The molecule has 0 aliphatic heterocycles. The molecule has 0 radical (unpaired) electrons. The molecule has 4 nitrogen and oxygen atoms in total. The van der Waals surface area contributed by atoms with E-state index in [-0.39, 0.29) is 10.0 Å². The van der Waals surface area contributed by atoms with Crippen molar-refractivity contribution in [2.45, 2.75) is 18.2 Å². The summed E-state index contributed by atoms with van der Waals surface area (Å²) in [6, 6.07) is 1.46. The molecule has 0 unspecified atom stereocenters. The van der Waals surface area contributed by atoms with Gasteiger partial charge in [0.2, 0.25) is 10.0 Å². The Hall–Kier alpha value is -0.170. The third-order valence-electron chi connectivity index (χ3n) is 2.00. The predicted octanol–water partition coefficient (Wildman–Crippen LogP) is 2.53. The minimum absolute atomic E-state index is 0.00819. The molecule has 1 heterocycles. The molecule has 1 aromatic heterocycles. The van der Waals surface area contributed by atoms with Gasteiger partial charge in [-0.25, -0.2) is 17.7 Å².